The molecule has 0 amide bonds. The molecule has 0 aliphatic carbocycles. The summed E-state index contributed by atoms with van der Waals surface area (Å²) in [6.45, 7) is 3.28. The Labute approximate surface area is 360 Å². The average molecular weight is 849 g/mol. The monoisotopic (exact) mass is 849 g/mol. The minimum Gasteiger partial charge on any atom is -0.457 e. The van der Waals surface area contributed by atoms with Crippen molar-refractivity contribution in [3.05, 3.63) is 85.1 Å². The van der Waals surface area contributed by atoms with Gasteiger partial charge in [0.05, 0.1) is 26.4 Å². The van der Waals surface area contributed by atoms with Crippen molar-refractivity contribution in [3.63, 3.8) is 0 Å². The van der Waals surface area contributed by atoms with Crippen LogP contribution in [0.25, 0.3) is 0 Å². The van der Waals surface area contributed by atoms with Crippen molar-refractivity contribution < 1.29 is 43.0 Å². The van der Waals surface area contributed by atoms with E-state index < -0.39 is 45.8 Å². The van der Waals surface area contributed by atoms with E-state index in [2.05, 4.69) is 86.8 Å². The van der Waals surface area contributed by atoms with E-state index in [0.29, 0.717) is 13.0 Å². The topological polar surface area (TPSA) is 132 Å². The highest BCUT2D eigenvalue weighted by Gasteiger charge is 2.26. The SMILES string of the molecule is CC/C=C\C/C=C\C/C=C\C/C=C\C/C=C\C/C=C\CCC(=O)OC(COCCCCCCCCCC/C=C\CCCCCCCCC)COP(=O)(O)OCC(O)CO. The summed E-state index contributed by atoms with van der Waals surface area (Å²) in [5.41, 5.74) is 0. The molecule has 0 aliphatic rings. The van der Waals surface area contributed by atoms with Gasteiger partial charge in [0, 0.05) is 13.0 Å². The second kappa shape index (κ2) is 45.2. The van der Waals surface area contributed by atoms with Crippen molar-refractivity contribution in [2.24, 2.45) is 0 Å². The molecule has 0 aromatic heterocycles. The van der Waals surface area contributed by atoms with Crippen LogP contribution in [0.5, 0.6) is 0 Å². The molecule has 0 bridgehead atoms. The molecule has 0 radical (unpaired) electrons. The fourth-order valence-corrected chi connectivity index (χ4v) is 6.64. The lowest BCUT2D eigenvalue weighted by Crippen LogP contribution is -2.29. The quantitative estimate of drug-likeness (QED) is 0.0237. The molecule has 0 saturated carbocycles. The highest BCUT2D eigenvalue weighted by Crippen LogP contribution is 2.43. The fraction of sp³-hybridized carbons (Fsp3) is 0.694. The number of allylic oxidation sites excluding steroid dienone is 14. The average Bonchev–Trinajstić information content (AvgIpc) is 3.23. The van der Waals surface area contributed by atoms with E-state index in [-0.39, 0.29) is 13.0 Å². The van der Waals surface area contributed by atoms with Crippen LogP contribution in [0.3, 0.4) is 0 Å². The molecule has 10 heteroatoms. The zero-order valence-electron chi connectivity index (χ0n) is 37.2. The maximum Gasteiger partial charge on any atom is 0.472 e. The Morgan fingerprint density at radius 3 is 1.46 bits per heavy atom. The molecule has 0 rings (SSSR count). The number of esters is 1. The summed E-state index contributed by atoms with van der Waals surface area (Å²) in [6, 6.07) is 0. The normalized spacial score (nSPS) is 14.7. The van der Waals surface area contributed by atoms with Gasteiger partial charge >= 0.3 is 13.8 Å². The third-order valence-electron chi connectivity index (χ3n) is 9.33. The van der Waals surface area contributed by atoms with Gasteiger partial charge in [-0.3, -0.25) is 13.8 Å². The Bertz CT molecular complexity index is 1190. The van der Waals surface area contributed by atoms with E-state index in [0.717, 1.165) is 57.8 Å². The number of rotatable bonds is 43. The summed E-state index contributed by atoms with van der Waals surface area (Å²) in [7, 11) is -4.55. The number of unbranched alkanes of at least 4 members (excludes halogenated alkanes) is 15. The number of carbonyl (C=O) groups is 1. The Morgan fingerprint density at radius 1 is 0.542 bits per heavy atom. The summed E-state index contributed by atoms with van der Waals surface area (Å²) in [5, 5.41) is 18.4. The summed E-state index contributed by atoms with van der Waals surface area (Å²) < 4.78 is 33.3. The Kier molecular flexibility index (Phi) is 43.4. The predicted molar refractivity (Wildman–Crippen MR) is 246 cm³/mol. The molecule has 3 unspecified atom stereocenters. The molecule has 3 atom stereocenters. The van der Waals surface area contributed by atoms with Crippen molar-refractivity contribution in [2.45, 2.75) is 187 Å². The van der Waals surface area contributed by atoms with Crippen LogP contribution in [0.1, 0.15) is 174 Å². The number of aliphatic hydroxyl groups is 2. The Hall–Kier alpha value is -2.36. The van der Waals surface area contributed by atoms with Crippen molar-refractivity contribution >= 4 is 13.8 Å². The number of ether oxygens (including phenoxy) is 2. The number of aliphatic hydroxyl groups excluding tert-OH is 2. The van der Waals surface area contributed by atoms with Crippen LogP contribution in [0.15, 0.2) is 85.1 Å². The smallest absolute Gasteiger partial charge is 0.457 e. The van der Waals surface area contributed by atoms with E-state index in [9.17, 15) is 19.4 Å². The van der Waals surface area contributed by atoms with Crippen molar-refractivity contribution in [1.29, 1.82) is 0 Å². The molecule has 0 heterocycles. The van der Waals surface area contributed by atoms with Crippen molar-refractivity contribution in [3.8, 4) is 0 Å². The largest absolute Gasteiger partial charge is 0.472 e. The van der Waals surface area contributed by atoms with Gasteiger partial charge in [0.15, 0.2) is 0 Å². The first kappa shape index (κ1) is 56.6. The lowest BCUT2D eigenvalue weighted by Gasteiger charge is -2.20. The van der Waals surface area contributed by atoms with Gasteiger partial charge in [-0.15, -0.1) is 0 Å². The summed E-state index contributed by atoms with van der Waals surface area (Å²) >= 11 is 0. The zero-order valence-corrected chi connectivity index (χ0v) is 38.1. The van der Waals surface area contributed by atoms with Gasteiger partial charge in [-0.1, -0.05) is 176 Å². The molecule has 0 spiro atoms. The number of hydrogen-bond acceptors (Lipinski definition) is 8. The van der Waals surface area contributed by atoms with Gasteiger partial charge in [-0.05, 0) is 77.0 Å². The van der Waals surface area contributed by atoms with Gasteiger partial charge in [0.2, 0.25) is 0 Å². The van der Waals surface area contributed by atoms with Crippen LogP contribution < -0.4 is 0 Å². The zero-order chi connectivity index (χ0) is 43.2. The molecule has 0 aromatic rings. The van der Waals surface area contributed by atoms with E-state index in [1.165, 1.54) is 89.9 Å². The molecule has 59 heavy (non-hydrogen) atoms. The number of phosphoric acid groups is 1. The van der Waals surface area contributed by atoms with Crippen LogP contribution in [0, 0.1) is 0 Å². The third-order valence-corrected chi connectivity index (χ3v) is 10.3. The maximum absolute atomic E-state index is 12.6. The van der Waals surface area contributed by atoms with Crippen LogP contribution >= 0.6 is 7.82 Å². The molecular weight excluding hydrogens is 764 g/mol. The molecule has 9 nitrogen and oxygen atoms in total. The van der Waals surface area contributed by atoms with Crippen molar-refractivity contribution in [1.82, 2.24) is 0 Å². The first-order valence-corrected chi connectivity index (χ1v) is 24.6. The summed E-state index contributed by atoms with van der Waals surface area (Å²) in [5.74, 6) is -0.467. The third kappa shape index (κ3) is 45.0. The second-order valence-electron chi connectivity index (χ2n) is 15.0. The van der Waals surface area contributed by atoms with Gasteiger partial charge in [0.25, 0.3) is 0 Å². The van der Waals surface area contributed by atoms with Crippen molar-refractivity contribution in [2.75, 3.05) is 33.0 Å². The molecular formula is C49H85O9P. The van der Waals surface area contributed by atoms with Gasteiger partial charge < -0.3 is 24.6 Å². The first-order valence-electron chi connectivity index (χ1n) is 23.1. The van der Waals surface area contributed by atoms with Crippen LogP contribution in [-0.2, 0) is 27.9 Å². The van der Waals surface area contributed by atoms with Crippen LogP contribution in [0.4, 0.5) is 0 Å². The molecule has 340 valence electrons. The molecule has 3 N–H and O–H groups in total. The minimum atomic E-state index is -4.55. The van der Waals surface area contributed by atoms with Gasteiger partial charge in [0.1, 0.15) is 12.2 Å². The van der Waals surface area contributed by atoms with Crippen LogP contribution in [-0.4, -0.2) is 66.3 Å². The minimum absolute atomic E-state index is 0.0123. The summed E-state index contributed by atoms with van der Waals surface area (Å²) in [4.78, 5) is 22.6. The molecule has 0 fully saturated rings. The number of phosphoric ester groups is 1. The molecule has 0 aromatic carbocycles. The van der Waals surface area contributed by atoms with E-state index >= 15 is 0 Å². The number of carbonyl (C=O) groups excluding carboxylic acids is 1. The van der Waals surface area contributed by atoms with E-state index in [1.807, 2.05) is 12.2 Å². The van der Waals surface area contributed by atoms with Gasteiger partial charge in [-0.25, -0.2) is 4.57 Å². The van der Waals surface area contributed by atoms with E-state index in [1.54, 1.807) is 0 Å². The first-order chi connectivity index (χ1) is 28.8. The Morgan fingerprint density at radius 2 is 0.966 bits per heavy atom. The fourth-order valence-electron chi connectivity index (χ4n) is 5.85. The standard InChI is InChI=1S/C49H85O9P/c1-3-5-7-9-11-13-15-17-19-21-23-25-27-29-31-33-35-37-39-41-49(52)58-48(46-57-59(53,54)56-44-47(51)43-50)45-55-42-40-38-36-34-32-30-28-26-24-22-20-18-16-14-12-10-8-6-4-2/h5,7,11,13,17,19-20,22-23,25,29,31,35,37,47-48,50-51H,3-4,6,8-10,12,14-16,18,21,24,26-28,30,32-34,36,38-46H2,1-2H3,(H,53,54)/b7-5-,13-11-,19-17-,22-20-,25-23-,31-29-,37-35-. The predicted octanol–water partition coefficient (Wildman–Crippen LogP) is 13.1. The molecule has 0 aliphatic heterocycles. The maximum atomic E-state index is 12.6. The molecule has 0 saturated heterocycles. The van der Waals surface area contributed by atoms with Gasteiger partial charge in [-0.2, -0.15) is 0 Å². The van der Waals surface area contributed by atoms with Crippen LogP contribution in [0.2, 0.25) is 0 Å². The highest BCUT2D eigenvalue weighted by atomic mass is 31.2. The highest BCUT2D eigenvalue weighted by molar-refractivity contribution is 7.47. The van der Waals surface area contributed by atoms with E-state index in [4.69, 9.17) is 23.6 Å². The second-order valence-corrected chi connectivity index (χ2v) is 16.5. The lowest BCUT2D eigenvalue weighted by molar-refractivity contribution is -0.154. The Balaban J connectivity index is 4.28. The lowest BCUT2D eigenvalue weighted by atomic mass is 10.1. The number of hydrogen-bond donors (Lipinski definition) is 3. The summed E-state index contributed by atoms with van der Waals surface area (Å²) in [6.07, 6.45) is 55.6.